The molecule has 2 aliphatic heterocycles. The van der Waals surface area contributed by atoms with Crippen LogP contribution in [-0.4, -0.2) is 42.6 Å². The van der Waals surface area contributed by atoms with Crippen LogP contribution in [0.4, 0.5) is 0 Å². The van der Waals surface area contributed by atoms with Gasteiger partial charge in [0.2, 0.25) is 5.91 Å². The van der Waals surface area contributed by atoms with Gasteiger partial charge in [0.25, 0.3) is 0 Å². The lowest BCUT2D eigenvalue weighted by molar-refractivity contribution is -0.150. The molecule has 0 spiro atoms. The summed E-state index contributed by atoms with van der Waals surface area (Å²) in [5.74, 6) is 0.255. The fourth-order valence-electron chi connectivity index (χ4n) is 3.04. The summed E-state index contributed by atoms with van der Waals surface area (Å²) in [4.78, 5) is 14.8. The second kappa shape index (κ2) is 4.58. The number of ether oxygens (including phenoxy) is 1. The van der Waals surface area contributed by atoms with Gasteiger partial charge in [-0.3, -0.25) is 4.79 Å². The van der Waals surface area contributed by atoms with E-state index in [0.29, 0.717) is 19.8 Å². The second-order valence-corrected chi connectivity index (χ2v) is 5.97. The average Bonchev–Trinajstić information content (AvgIpc) is 2.69. The highest BCUT2D eigenvalue weighted by Crippen LogP contribution is 2.37. The van der Waals surface area contributed by atoms with Crippen molar-refractivity contribution in [2.75, 3.05) is 26.3 Å². The predicted octanol–water partition coefficient (Wildman–Crippen LogP) is 1.14. The van der Waals surface area contributed by atoms with Gasteiger partial charge in [0.05, 0.1) is 5.41 Å². The molecule has 4 heteroatoms. The maximum atomic E-state index is 12.8. The third kappa shape index (κ3) is 2.20. The number of hydrogen-bond acceptors (Lipinski definition) is 3. The van der Waals surface area contributed by atoms with Gasteiger partial charge < -0.3 is 15.4 Å². The molecule has 0 atom stereocenters. The highest BCUT2D eigenvalue weighted by molar-refractivity contribution is 5.84. The van der Waals surface area contributed by atoms with E-state index in [9.17, 15) is 4.79 Å². The first-order valence-electron chi connectivity index (χ1n) is 6.62. The van der Waals surface area contributed by atoms with Crippen molar-refractivity contribution in [3.05, 3.63) is 0 Å². The molecule has 98 valence electrons. The SMILES string of the molecule is CC1(C)CCCN1C(=O)C1(CN)CCOCC1. The van der Waals surface area contributed by atoms with Gasteiger partial charge in [0.1, 0.15) is 0 Å². The summed E-state index contributed by atoms with van der Waals surface area (Å²) in [5, 5.41) is 0. The minimum atomic E-state index is -0.361. The number of amides is 1. The summed E-state index contributed by atoms with van der Waals surface area (Å²) >= 11 is 0. The largest absolute Gasteiger partial charge is 0.381 e. The van der Waals surface area contributed by atoms with Gasteiger partial charge in [-0.2, -0.15) is 0 Å². The monoisotopic (exact) mass is 240 g/mol. The second-order valence-electron chi connectivity index (χ2n) is 5.97. The van der Waals surface area contributed by atoms with E-state index >= 15 is 0 Å². The van der Waals surface area contributed by atoms with E-state index < -0.39 is 0 Å². The van der Waals surface area contributed by atoms with E-state index in [4.69, 9.17) is 10.5 Å². The van der Waals surface area contributed by atoms with Crippen molar-refractivity contribution in [1.29, 1.82) is 0 Å². The van der Waals surface area contributed by atoms with Crippen LogP contribution in [0.2, 0.25) is 0 Å². The first kappa shape index (κ1) is 12.8. The quantitative estimate of drug-likeness (QED) is 0.787. The van der Waals surface area contributed by atoms with E-state index in [-0.39, 0.29) is 16.9 Å². The minimum Gasteiger partial charge on any atom is -0.381 e. The Morgan fingerprint density at radius 2 is 1.94 bits per heavy atom. The van der Waals surface area contributed by atoms with Crippen molar-refractivity contribution in [1.82, 2.24) is 4.90 Å². The standard InChI is InChI=1S/C13H24N2O2/c1-12(2)4-3-7-15(12)11(16)13(10-14)5-8-17-9-6-13/h3-10,14H2,1-2H3. The molecule has 0 bridgehead atoms. The number of nitrogens with two attached hydrogens (primary N) is 1. The number of carbonyl (C=O) groups is 1. The summed E-state index contributed by atoms with van der Waals surface area (Å²) in [6.07, 6.45) is 3.75. The van der Waals surface area contributed by atoms with Gasteiger partial charge in [0, 0.05) is 31.8 Å². The number of hydrogen-bond donors (Lipinski definition) is 1. The van der Waals surface area contributed by atoms with Gasteiger partial charge in [0.15, 0.2) is 0 Å². The molecular formula is C13H24N2O2. The fourth-order valence-corrected chi connectivity index (χ4v) is 3.04. The summed E-state index contributed by atoms with van der Waals surface area (Å²) in [6.45, 7) is 6.97. The van der Waals surface area contributed by atoms with Crippen LogP contribution >= 0.6 is 0 Å². The Bertz CT molecular complexity index is 296. The number of nitrogens with zero attached hydrogens (tertiary/aromatic N) is 1. The average molecular weight is 240 g/mol. The predicted molar refractivity (Wildman–Crippen MR) is 66.6 cm³/mol. The normalized spacial score (nSPS) is 27.1. The summed E-state index contributed by atoms with van der Waals surface area (Å²) in [5.41, 5.74) is 5.53. The summed E-state index contributed by atoms with van der Waals surface area (Å²) in [7, 11) is 0. The highest BCUT2D eigenvalue weighted by Gasteiger charge is 2.46. The Labute approximate surface area is 103 Å². The zero-order valence-corrected chi connectivity index (χ0v) is 11.0. The fraction of sp³-hybridized carbons (Fsp3) is 0.923. The van der Waals surface area contributed by atoms with E-state index in [0.717, 1.165) is 32.2 Å². The minimum absolute atomic E-state index is 0.00242. The van der Waals surface area contributed by atoms with Crippen molar-refractivity contribution in [3.8, 4) is 0 Å². The van der Waals surface area contributed by atoms with Crippen molar-refractivity contribution >= 4 is 5.91 Å². The van der Waals surface area contributed by atoms with Crippen molar-refractivity contribution in [2.24, 2.45) is 11.1 Å². The first-order chi connectivity index (χ1) is 8.02. The smallest absolute Gasteiger partial charge is 0.230 e. The molecule has 2 saturated heterocycles. The molecule has 4 nitrogen and oxygen atoms in total. The van der Waals surface area contributed by atoms with Gasteiger partial charge >= 0.3 is 0 Å². The summed E-state index contributed by atoms with van der Waals surface area (Å²) < 4.78 is 5.37. The molecule has 2 aliphatic rings. The van der Waals surface area contributed by atoms with Crippen LogP contribution in [0.15, 0.2) is 0 Å². The van der Waals surface area contributed by atoms with Crippen LogP contribution in [0.25, 0.3) is 0 Å². The first-order valence-corrected chi connectivity index (χ1v) is 6.62. The van der Waals surface area contributed by atoms with E-state index in [1.54, 1.807) is 0 Å². The Morgan fingerprint density at radius 1 is 1.29 bits per heavy atom. The van der Waals surface area contributed by atoms with Crippen molar-refractivity contribution in [3.63, 3.8) is 0 Å². The van der Waals surface area contributed by atoms with Crippen LogP contribution in [0.3, 0.4) is 0 Å². The Morgan fingerprint density at radius 3 is 2.41 bits per heavy atom. The molecule has 0 aromatic rings. The van der Waals surface area contributed by atoms with E-state index in [1.165, 1.54) is 0 Å². The Hall–Kier alpha value is -0.610. The molecule has 2 rings (SSSR count). The van der Waals surface area contributed by atoms with Gasteiger partial charge in [-0.05, 0) is 39.5 Å². The molecule has 0 radical (unpaired) electrons. The highest BCUT2D eigenvalue weighted by atomic mass is 16.5. The third-order valence-corrected chi connectivity index (χ3v) is 4.44. The zero-order valence-electron chi connectivity index (χ0n) is 11.0. The lowest BCUT2D eigenvalue weighted by atomic mass is 9.78. The molecule has 1 amide bonds. The molecule has 2 N–H and O–H groups in total. The summed E-state index contributed by atoms with van der Waals surface area (Å²) in [6, 6.07) is 0. The lowest BCUT2D eigenvalue weighted by Crippen LogP contribution is -2.54. The Kier molecular flexibility index (Phi) is 3.46. The van der Waals surface area contributed by atoms with Gasteiger partial charge in [-0.1, -0.05) is 0 Å². The van der Waals surface area contributed by atoms with Crippen molar-refractivity contribution in [2.45, 2.75) is 45.1 Å². The molecule has 0 saturated carbocycles. The van der Waals surface area contributed by atoms with Crippen LogP contribution in [0.5, 0.6) is 0 Å². The molecule has 0 aromatic heterocycles. The van der Waals surface area contributed by atoms with Gasteiger partial charge in [-0.15, -0.1) is 0 Å². The Balaban J connectivity index is 2.17. The molecule has 2 heterocycles. The molecular weight excluding hydrogens is 216 g/mol. The molecule has 2 fully saturated rings. The zero-order chi connectivity index (χ0) is 12.5. The molecule has 17 heavy (non-hydrogen) atoms. The van der Waals surface area contributed by atoms with E-state index in [2.05, 4.69) is 13.8 Å². The molecule has 0 unspecified atom stereocenters. The maximum absolute atomic E-state index is 12.8. The molecule has 0 aliphatic carbocycles. The lowest BCUT2D eigenvalue weighted by Gasteiger charge is -2.42. The number of carbonyl (C=O) groups excluding carboxylic acids is 1. The van der Waals surface area contributed by atoms with E-state index in [1.807, 2.05) is 4.90 Å². The van der Waals surface area contributed by atoms with Crippen molar-refractivity contribution < 1.29 is 9.53 Å². The number of likely N-dealkylation sites (tertiary alicyclic amines) is 1. The topological polar surface area (TPSA) is 55.6 Å². The number of rotatable bonds is 2. The maximum Gasteiger partial charge on any atom is 0.230 e. The molecule has 0 aromatic carbocycles. The van der Waals surface area contributed by atoms with Crippen LogP contribution in [0, 0.1) is 5.41 Å². The van der Waals surface area contributed by atoms with Crippen LogP contribution in [-0.2, 0) is 9.53 Å². The van der Waals surface area contributed by atoms with Crippen LogP contribution in [0.1, 0.15) is 39.5 Å². The third-order valence-electron chi connectivity index (χ3n) is 4.44. The van der Waals surface area contributed by atoms with Gasteiger partial charge in [-0.25, -0.2) is 0 Å². The van der Waals surface area contributed by atoms with Crippen LogP contribution < -0.4 is 5.73 Å².